The zero-order valence-electron chi connectivity index (χ0n) is 17.4. The summed E-state index contributed by atoms with van der Waals surface area (Å²) in [6.07, 6.45) is 3.22. The molecule has 1 amide bonds. The summed E-state index contributed by atoms with van der Waals surface area (Å²) in [6, 6.07) is 12.8. The Labute approximate surface area is 183 Å². The van der Waals surface area contributed by atoms with Crippen LogP contribution >= 0.6 is 0 Å². The highest BCUT2D eigenvalue weighted by Crippen LogP contribution is 2.30. The number of nitrogens with two attached hydrogens (primary N) is 1. The molecule has 2 aromatic carbocycles. The Balaban J connectivity index is 1.85. The highest BCUT2D eigenvalue weighted by Gasteiger charge is 2.30. The highest BCUT2D eigenvalue weighted by atomic mass is 16.5. The Kier molecular flexibility index (Phi) is 5.23. The number of hydrazone groups is 1. The summed E-state index contributed by atoms with van der Waals surface area (Å²) in [7, 11) is 1.29. The summed E-state index contributed by atoms with van der Waals surface area (Å²) in [4.78, 5) is 36.7. The third-order valence-corrected chi connectivity index (χ3v) is 5.28. The van der Waals surface area contributed by atoms with E-state index in [1.165, 1.54) is 24.3 Å². The van der Waals surface area contributed by atoms with Crippen molar-refractivity contribution in [1.29, 1.82) is 0 Å². The van der Waals surface area contributed by atoms with Gasteiger partial charge in [0.1, 0.15) is 6.04 Å². The van der Waals surface area contributed by atoms with Crippen LogP contribution in [-0.2, 0) is 14.3 Å². The van der Waals surface area contributed by atoms with E-state index in [0.29, 0.717) is 22.2 Å². The third-order valence-electron chi connectivity index (χ3n) is 5.28. The van der Waals surface area contributed by atoms with Gasteiger partial charge in [0.05, 0.1) is 23.9 Å². The maximum atomic E-state index is 13.0. The molecule has 0 saturated carbocycles. The standard InChI is InChI=1S/C23H20N4O5/c1-13(23(31)32-2)26-12-15(17-10-14(22(29)30)8-9-19(17)26)11-18-20(24)25-27(21(18)28)16-6-4-3-5-7-16/h3-13H,1-2H3,(H2,24,25)(H,29,30)/b18-11-. The molecule has 9 nitrogen and oxygen atoms in total. The summed E-state index contributed by atoms with van der Waals surface area (Å²) >= 11 is 0. The summed E-state index contributed by atoms with van der Waals surface area (Å²) in [5, 5.41) is 15.3. The molecular formula is C23H20N4O5. The molecule has 0 bridgehead atoms. The molecule has 0 fully saturated rings. The molecule has 3 aromatic rings. The monoisotopic (exact) mass is 432 g/mol. The Morgan fingerprint density at radius 1 is 1.19 bits per heavy atom. The number of aromatic nitrogens is 1. The molecule has 0 aliphatic carbocycles. The van der Waals surface area contributed by atoms with Crippen molar-refractivity contribution in [3.05, 3.63) is 71.4 Å². The SMILES string of the molecule is COC(=O)C(C)n1cc(/C=C2\C(=O)N(c3ccccc3)N=C2N)c2cc(C(=O)O)ccc21. The number of carboxylic acid groups (broad SMARTS) is 1. The molecule has 0 saturated heterocycles. The van der Waals surface area contributed by atoms with Crippen LogP contribution in [0.5, 0.6) is 0 Å². The van der Waals surface area contributed by atoms with Gasteiger partial charge >= 0.3 is 11.9 Å². The lowest BCUT2D eigenvalue weighted by molar-refractivity contribution is -0.143. The number of amides is 1. The lowest BCUT2D eigenvalue weighted by Crippen LogP contribution is -2.22. The van der Waals surface area contributed by atoms with Crippen LogP contribution in [0.15, 0.2) is 65.4 Å². The van der Waals surface area contributed by atoms with E-state index in [-0.39, 0.29) is 17.0 Å². The number of carbonyl (C=O) groups is 3. The molecule has 1 aromatic heterocycles. The number of hydrogen-bond acceptors (Lipinski definition) is 6. The average molecular weight is 432 g/mol. The number of benzene rings is 2. The number of amidine groups is 1. The van der Waals surface area contributed by atoms with Crippen molar-refractivity contribution in [1.82, 2.24) is 4.57 Å². The lowest BCUT2D eigenvalue weighted by Gasteiger charge is -2.12. The number of hydrogen-bond donors (Lipinski definition) is 2. The molecule has 1 aliphatic heterocycles. The lowest BCUT2D eigenvalue weighted by atomic mass is 10.1. The van der Waals surface area contributed by atoms with Crippen LogP contribution < -0.4 is 10.7 Å². The van der Waals surface area contributed by atoms with Crippen molar-refractivity contribution in [2.75, 3.05) is 12.1 Å². The first-order valence-electron chi connectivity index (χ1n) is 9.73. The van der Waals surface area contributed by atoms with Gasteiger partial charge in [0.15, 0.2) is 5.84 Å². The molecule has 0 spiro atoms. The minimum Gasteiger partial charge on any atom is -0.478 e. The Morgan fingerprint density at radius 2 is 1.91 bits per heavy atom. The number of fused-ring (bicyclic) bond motifs is 1. The summed E-state index contributed by atoms with van der Waals surface area (Å²) in [6.45, 7) is 1.67. The van der Waals surface area contributed by atoms with Crippen LogP contribution in [0.1, 0.15) is 28.9 Å². The third kappa shape index (κ3) is 3.49. The van der Waals surface area contributed by atoms with Gasteiger partial charge in [-0.15, -0.1) is 5.10 Å². The van der Waals surface area contributed by atoms with Crippen LogP contribution in [0.2, 0.25) is 0 Å². The number of carboxylic acids is 1. The first-order valence-corrected chi connectivity index (χ1v) is 9.73. The Hall–Kier alpha value is -4.40. The zero-order chi connectivity index (χ0) is 23.0. The van der Waals surface area contributed by atoms with Crippen molar-refractivity contribution >= 4 is 46.3 Å². The number of esters is 1. The fourth-order valence-electron chi connectivity index (χ4n) is 3.60. The predicted octanol–water partition coefficient (Wildman–Crippen LogP) is 2.78. The van der Waals surface area contributed by atoms with Crippen molar-refractivity contribution in [2.24, 2.45) is 10.8 Å². The number of methoxy groups -OCH3 is 1. The van der Waals surface area contributed by atoms with Gasteiger partial charge in [-0.1, -0.05) is 18.2 Å². The topological polar surface area (TPSA) is 127 Å². The smallest absolute Gasteiger partial charge is 0.335 e. The summed E-state index contributed by atoms with van der Waals surface area (Å²) in [5.41, 5.74) is 7.99. The second-order valence-corrected chi connectivity index (χ2v) is 7.22. The molecule has 3 N–H and O–H groups in total. The average Bonchev–Trinajstić information content (AvgIpc) is 3.30. The van der Waals surface area contributed by atoms with Gasteiger partial charge < -0.3 is 20.1 Å². The van der Waals surface area contributed by atoms with Gasteiger partial charge in [-0.25, -0.2) is 9.59 Å². The van der Waals surface area contributed by atoms with Crippen molar-refractivity contribution in [3.63, 3.8) is 0 Å². The van der Waals surface area contributed by atoms with Crippen LogP contribution in [-0.4, -0.2) is 40.5 Å². The van der Waals surface area contributed by atoms with Crippen LogP contribution in [0.25, 0.3) is 17.0 Å². The number of rotatable bonds is 5. The summed E-state index contributed by atoms with van der Waals surface area (Å²) < 4.78 is 6.52. The van der Waals surface area contributed by atoms with E-state index in [4.69, 9.17) is 10.5 Å². The van der Waals surface area contributed by atoms with Gasteiger partial charge in [-0.3, -0.25) is 4.79 Å². The first-order chi connectivity index (χ1) is 15.3. The van der Waals surface area contributed by atoms with Crippen molar-refractivity contribution in [2.45, 2.75) is 13.0 Å². The maximum Gasteiger partial charge on any atom is 0.335 e. The number of para-hydroxylation sites is 1. The van der Waals surface area contributed by atoms with Gasteiger partial charge in [0, 0.05) is 22.7 Å². The fraction of sp³-hybridized carbons (Fsp3) is 0.130. The van der Waals surface area contributed by atoms with Gasteiger partial charge in [0.25, 0.3) is 5.91 Å². The van der Waals surface area contributed by atoms with Crippen LogP contribution in [0.3, 0.4) is 0 Å². The van der Waals surface area contributed by atoms with E-state index in [0.717, 1.165) is 0 Å². The second-order valence-electron chi connectivity index (χ2n) is 7.22. The normalized spacial score (nSPS) is 15.8. The molecule has 1 atom stereocenters. The van der Waals surface area contributed by atoms with Gasteiger partial charge in [-0.2, -0.15) is 5.01 Å². The predicted molar refractivity (Wildman–Crippen MR) is 119 cm³/mol. The molecular weight excluding hydrogens is 412 g/mol. The van der Waals surface area contributed by atoms with E-state index >= 15 is 0 Å². The van der Waals surface area contributed by atoms with E-state index in [1.807, 2.05) is 6.07 Å². The molecule has 162 valence electrons. The highest BCUT2D eigenvalue weighted by molar-refractivity contribution is 6.32. The van der Waals surface area contributed by atoms with Gasteiger partial charge in [-0.05, 0) is 43.3 Å². The van der Waals surface area contributed by atoms with E-state index in [2.05, 4.69) is 5.10 Å². The largest absolute Gasteiger partial charge is 0.478 e. The molecule has 32 heavy (non-hydrogen) atoms. The number of carbonyl (C=O) groups excluding carboxylic acids is 2. The molecule has 2 heterocycles. The Bertz CT molecular complexity index is 1310. The van der Waals surface area contributed by atoms with E-state index in [1.54, 1.807) is 54.1 Å². The van der Waals surface area contributed by atoms with Crippen LogP contribution in [0.4, 0.5) is 5.69 Å². The van der Waals surface area contributed by atoms with E-state index < -0.39 is 23.9 Å². The number of ether oxygens (including phenoxy) is 1. The zero-order valence-corrected chi connectivity index (χ0v) is 17.4. The fourth-order valence-corrected chi connectivity index (χ4v) is 3.60. The maximum absolute atomic E-state index is 13.0. The van der Waals surface area contributed by atoms with E-state index in [9.17, 15) is 19.5 Å². The van der Waals surface area contributed by atoms with Crippen molar-refractivity contribution < 1.29 is 24.2 Å². The molecule has 1 aliphatic rings. The number of nitrogens with zero attached hydrogens (tertiary/aromatic N) is 3. The molecule has 1 unspecified atom stereocenters. The first kappa shape index (κ1) is 20.9. The second kappa shape index (κ2) is 8.03. The molecule has 4 rings (SSSR count). The minimum absolute atomic E-state index is 0.0372. The molecule has 9 heteroatoms. The number of anilines is 1. The number of aromatic carboxylic acids is 1. The van der Waals surface area contributed by atoms with Crippen molar-refractivity contribution in [3.8, 4) is 0 Å². The van der Waals surface area contributed by atoms with Crippen LogP contribution in [0, 0.1) is 0 Å². The summed E-state index contributed by atoms with van der Waals surface area (Å²) in [5.74, 6) is -1.93. The molecule has 0 radical (unpaired) electrons. The Morgan fingerprint density at radius 3 is 2.56 bits per heavy atom. The van der Waals surface area contributed by atoms with Gasteiger partial charge in [0.2, 0.25) is 0 Å². The quantitative estimate of drug-likeness (QED) is 0.471. The minimum atomic E-state index is -1.09.